The van der Waals surface area contributed by atoms with Crippen LogP contribution >= 0.6 is 0 Å². The van der Waals surface area contributed by atoms with Crippen molar-refractivity contribution in [3.8, 4) is 17.2 Å². The van der Waals surface area contributed by atoms with Gasteiger partial charge in [-0.15, -0.1) is 0 Å². The molecule has 2 aromatic rings. The number of hydrogen-bond donors (Lipinski definition) is 1. The highest BCUT2D eigenvalue weighted by atomic mass is 16.5. The minimum atomic E-state index is -0.570. The summed E-state index contributed by atoms with van der Waals surface area (Å²) in [7, 11) is 4.86. The molecule has 8 nitrogen and oxygen atoms in total. The summed E-state index contributed by atoms with van der Waals surface area (Å²) < 4.78 is 16.5. The van der Waals surface area contributed by atoms with E-state index in [1.807, 2.05) is 60.0 Å². The van der Waals surface area contributed by atoms with Gasteiger partial charge in [-0.2, -0.15) is 0 Å². The molecule has 0 unspecified atom stereocenters. The molecule has 0 aliphatic carbocycles. The first-order valence-corrected chi connectivity index (χ1v) is 12.6. The summed E-state index contributed by atoms with van der Waals surface area (Å²) in [5.41, 5.74) is 3.03. The second-order valence-corrected chi connectivity index (χ2v) is 9.73. The summed E-state index contributed by atoms with van der Waals surface area (Å²) in [6.45, 7) is 5.97. The Morgan fingerprint density at radius 3 is 2.14 bits per heavy atom. The molecule has 194 valence electrons. The normalized spacial score (nSPS) is 18.0. The maximum absolute atomic E-state index is 13.8. The summed E-state index contributed by atoms with van der Waals surface area (Å²) >= 11 is 0. The maximum atomic E-state index is 13.8. The monoisotopic (exact) mass is 495 g/mol. The van der Waals surface area contributed by atoms with Crippen molar-refractivity contribution in [2.24, 2.45) is 5.92 Å². The molecule has 1 saturated heterocycles. The molecule has 1 fully saturated rings. The first-order valence-electron chi connectivity index (χ1n) is 12.6. The molecule has 2 aromatic carbocycles. The number of carbonyl (C=O) groups excluding carboxylic acids is 2. The lowest BCUT2D eigenvalue weighted by molar-refractivity contribution is -0.133. The lowest BCUT2D eigenvalue weighted by atomic mass is 9.87. The van der Waals surface area contributed by atoms with Crippen LogP contribution in [-0.2, 0) is 11.2 Å². The molecule has 0 spiro atoms. The third kappa shape index (κ3) is 5.08. The van der Waals surface area contributed by atoms with Crippen LogP contribution in [0, 0.1) is 5.92 Å². The molecule has 0 radical (unpaired) electrons. The first-order chi connectivity index (χ1) is 17.4. The van der Waals surface area contributed by atoms with Crippen LogP contribution in [0.1, 0.15) is 49.4 Å². The first kappa shape index (κ1) is 25.7. The van der Waals surface area contributed by atoms with Gasteiger partial charge in [0.15, 0.2) is 11.5 Å². The van der Waals surface area contributed by atoms with Crippen molar-refractivity contribution in [1.82, 2.24) is 15.1 Å². The fourth-order valence-electron chi connectivity index (χ4n) is 5.17. The van der Waals surface area contributed by atoms with E-state index >= 15 is 0 Å². The lowest BCUT2D eigenvalue weighted by Crippen LogP contribution is -2.55. The third-order valence-corrected chi connectivity index (χ3v) is 7.20. The smallest absolute Gasteiger partial charge is 0.318 e. The number of ether oxygens (including phenoxy) is 3. The van der Waals surface area contributed by atoms with E-state index in [1.165, 1.54) is 0 Å². The standard InChI is InChI=1S/C28H37N3O5/c1-18(2)25(27(32)30-13-6-7-14-30)29-28(33)31-15-12-20-16-23(35-4)24(36-5)17-22(20)26(31)19-8-10-21(34-3)11-9-19/h8-11,16-18,25-26H,6-7,12-15H2,1-5H3,(H,29,33)/t25-,26-/m0/s1. The van der Waals surface area contributed by atoms with E-state index in [1.54, 1.807) is 21.3 Å². The highest BCUT2D eigenvalue weighted by molar-refractivity contribution is 5.88. The zero-order chi connectivity index (χ0) is 25.8. The highest BCUT2D eigenvalue weighted by Gasteiger charge is 2.37. The van der Waals surface area contributed by atoms with Crippen molar-refractivity contribution in [1.29, 1.82) is 0 Å². The molecule has 0 bridgehead atoms. The van der Waals surface area contributed by atoms with E-state index in [2.05, 4.69) is 5.32 Å². The number of nitrogens with one attached hydrogen (secondary N) is 1. The van der Waals surface area contributed by atoms with Crippen molar-refractivity contribution in [2.45, 2.75) is 45.2 Å². The number of likely N-dealkylation sites (tertiary alicyclic amines) is 1. The molecule has 2 aliphatic rings. The highest BCUT2D eigenvalue weighted by Crippen LogP contribution is 2.41. The minimum Gasteiger partial charge on any atom is -0.497 e. The Morgan fingerprint density at radius 1 is 0.917 bits per heavy atom. The Labute approximate surface area is 213 Å². The minimum absolute atomic E-state index is 0.000614. The number of rotatable bonds is 7. The summed E-state index contributed by atoms with van der Waals surface area (Å²) in [6, 6.07) is 10.5. The molecule has 0 saturated carbocycles. The fourth-order valence-corrected chi connectivity index (χ4v) is 5.17. The van der Waals surface area contributed by atoms with Crippen LogP contribution in [-0.4, -0.2) is 68.7 Å². The van der Waals surface area contributed by atoms with E-state index in [0.717, 1.165) is 48.4 Å². The Bertz CT molecular complexity index is 1080. The van der Waals surface area contributed by atoms with Crippen molar-refractivity contribution >= 4 is 11.9 Å². The Morgan fingerprint density at radius 2 is 1.56 bits per heavy atom. The van der Waals surface area contributed by atoms with Crippen LogP contribution in [0.15, 0.2) is 36.4 Å². The molecule has 2 heterocycles. The van der Waals surface area contributed by atoms with E-state index in [4.69, 9.17) is 14.2 Å². The predicted octanol–water partition coefficient (Wildman–Crippen LogP) is 4.02. The van der Waals surface area contributed by atoms with Crippen molar-refractivity contribution in [3.63, 3.8) is 0 Å². The number of hydrogen-bond acceptors (Lipinski definition) is 5. The average Bonchev–Trinajstić information content (AvgIpc) is 3.44. The third-order valence-electron chi connectivity index (χ3n) is 7.20. The van der Waals surface area contributed by atoms with Gasteiger partial charge in [-0.1, -0.05) is 26.0 Å². The molecular formula is C28H37N3O5. The van der Waals surface area contributed by atoms with Gasteiger partial charge in [0.2, 0.25) is 5.91 Å². The zero-order valence-corrected chi connectivity index (χ0v) is 21.9. The number of carbonyl (C=O) groups is 2. The van der Waals surface area contributed by atoms with Gasteiger partial charge in [0.1, 0.15) is 11.8 Å². The SMILES string of the molecule is COc1ccc([C@H]2c3cc(OC)c(OC)cc3CCN2C(=O)N[C@H](C(=O)N2CCCC2)C(C)C)cc1. The van der Waals surface area contributed by atoms with E-state index in [-0.39, 0.29) is 23.9 Å². The summed E-state index contributed by atoms with van der Waals surface area (Å²) in [6.07, 6.45) is 2.69. The summed E-state index contributed by atoms with van der Waals surface area (Å²) in [4.78, 5) is 30.7. The van der Waals surface area contributed by atoms with Crippen molar-refractivity contribution < 1.29 is 23.8 Å². The molecule has 4 rings (SSSR count). The summed E-state index contributed by atoms with van der Waals surface area (Å²) in [5.74, 6) is 2.00. The van der Waals surface area contributed by atoms with Gasteiger partial charge in [0, 0.05) is 19.6 Å². The van der Waals surface area contributed by atoms with Gasteiger partial charge in [0.25, 0.3) is 0 Å². The maximum Gasteiger partial charge on any atom is 0.318 e. The van der Waals surface area contributed by atoms with Gasteiger partial charge in [-0.3, -0.25) is 4.79 Å². The van der Waals surface area contributed by atoms with Gasteiger partial charge in [-0.25, -0.2) is 4.79 Å². The molecule has 1 N–H and O–H groups in total. The number of amides is 3. The second-order valence-electron chi connectivity index (χ2n) is 9.73. The Kier molecular flexibility index (Phi) is 7.91. The topological polar surface area (TPSA) is 80.3 Å². The van der Waals surface area contributed by atoms with Crippen LogP contribution in [0.2, 0.25) is 0 Å². The number of benzene rings is 2. The number of urea groups is 1. The van der Waals surface area contributed by atoms with Crippen LogP contribution < -0.4 is 19.5 Å². The van der Waals surface area contributed by atoms with Crippen LogP contribution in [0.5, 0.6) is 17.2 Å². The Balaban J connectivity index is 1.70. The molecule has 36 heavy (non-hydrogen) atoms. The fraction of sp³-hybridized carbons (Fsp3) is 0.500. The number of nitrogens with zero attached hydrogens (tertiary/aromatic N) is 2. The van der Waals surface area contributed by atoms with Gasteiger partial charge in [-0.05, 0) is 66.1 Å². The second kappa shape index (κ2) is 11.1. The molecule has 2 atom stereocenters. The Hall–Kier alpha value is -3.42. The molecule has 3 amide bonds. The predicted molar refractivity (Wildman–Crippen MR) is 138 cm³/mol. The molecule has 0 aromatic heterocycles. The zero-order valence-electron chi connectivity index (χ0n) is 21.9. The number of fused-ring (bicyclic) bond motifs is 1. The molecular weight excluding hydrogens is 458 g/mol. The quantitative estimate of drug-likeness (QED) is 0.628. The molecule has 8 heteroatoms. The van der Waals surface area contributed by atoms with Crippen LogP contribution in [0.25, 0.3) is 0 Å². The van der Waals surface area contributed by atoms with E-state index in [9.17, 15) is 9.59 Å². The largest absolute Gasteiger partial charge is 0.497 e. The van der Waals surface area contributed by atoms with Crippen molar-refractivity contribution in [2.75, 3.05) is 41.0 Å². The molecule has 2 aliphatic heterocycles. The summed E-state index contributed by atoms with van der Waals surface area (Å²) in [5, 5.41) is 3.08. The van der Waals surface area contributed by atoms with Gasteiger partial charge >= 0.3 is 6.03 Å². The van der Waals surface area contributed by atoms with E-state index < -0.39 is 6.04 Å². The van der Waals surface area contributed by atoms with Crippen molar-refractivity contribution in [3.05, 3.63) is 53.1 Å². The van der Waals surface area contributed by atoms with Gasteiger partial charge in [0.05, 0.1) is 27.4 Å². The average molecular weight is 496 g/mol. The lowest BCUT2D eigenvalue weighted by Gasteiger charge is -2.39. The van der Waals surface area contributed by atoms with Crippen LogP contribution in [0.4, 0.5) is 4.79 Å². The number of methoxy groups -OCH3 is 3. The van der Waals surface area contributed by atoms with E-state index in [0.29, 0.717) is 24.5 Å². The van der Waals surface area contributed by atoms with Gasteiger partial charge < -0.3 is 29.3 Å². The van der Waals surface area contributed by atoms with Crippen LogP contribution in [0.3, 0.4) is 0 Å².